The molecule has 0 spiro atoms. The summed E-state index contributed by atoms with van der Waals surface area (Å²) in [6, 6.07) is 4.14. The first-order chi connectivity index (χ1) is 12.4. The first-order valence-corrected chi connectivity index (χ1v) is 8.71. The second kappa shape index (κ2) is 7.23. The van der Waals surface area contributed by atoms with Crippen LogP contribution in [0.4, 0.5) is 0 Å². The molecule has 3 amide bonds. The number of aromatic nitrogens is 1. The van der Waals surface area contributed by atoms with Gasteiger partial charge >= 0.3 is 0 Å². The van der Waals surface area contributed by atoms with Crippen molar-refractivity contribution in [2.24, 2.45) is 11.7 Å². The van der Waals surface area contributed by atoms with Crippen molar-refractivity contribution in [3.8, 4) is 0 Å². The minimum atomic E-state index is -0.601. The monoisotopic (exact) mass is 358 g/mol. The Morgan fingerprint density at radius 3 is 2.69 bits per heavy atom. The van der Waals surface area contributed by atoms with Gasteiger partial charge in [-0.25, -0.2) is 0 Å². The maximum Gasteiger partial charge on any atom is 0.273 e. The molecule has 3 atom stereocenters. The van der Waals surface area contributed by atoms with Gasteiger partial charge in [0.1, 0.15) is 11.7 Å². The first kappa shape index (κ1) is 18.0. The van der Waals surface area contributed by atoms with E-state index >= 15 is 0 Å². The van der Waals surface area contributed by atoms with Crippen LogP contribution in [-0.4, -0.2) is 63.5 Å². The Bertz CT molecular complexity index is 736. The predicted octanol–water partition coefficient (Wildman–Crippen LogP) is -0.0224. The Hall–Kier alpha value is -2.77. The van der Waals surface area contributed by atoms with Crippen molar-refractivity contribution in [2.45, 2.75) is 38.3 Å². The van der Waals surface area contributed by atoms with Crippen LogP contribution in [0, 0.1) is 5.92 Å². The summed E-state index contributed by atoms with van der Waals surface area (Å²) in [5, 5.41) is 0. The van der Waals surface area contributed by atoms with E-state index in [-0.39, 0.29) is 48.9 Å². The molecule has 2 aliphatic rings. The molecule has 3 unspecified atom stereocenters. The van der Waals surface area contributed by atoms with Crippen molar-refractivity contribution < 1.29 is 19.2 Å². The van der Waals surface area contributed by atoms with Crippen LogP contribution in [0.25, 0.3) is 0 Å². The Kier molecular flexibility index (Phi) is 5.01. The number of amides is 3. The molecule has 26 heavy (non-hydrogen) atoms. The largest absolute Gasteiger partial charge is 0.370 e. The minimum absolute atomic E-state index is 0.00857. The average Bonchev–Trinajstić information content (AvgIpc) is 3.16. The number of hydrogen-bond acceptors (Lipinski definition) is 5. The molecule has 2 fully saturated rings. The highest BCUT2D eigenvalue weighted by molar-refractivity contribution is 6.01. The highest BCUT2D eigenvalue weighted by Gasteiger charge is 2.51. The van der Waals surface area contributed by atoms with Gasteiger partial charge in [-0.15, -0.1) is 0 Å². The summed E-state index contributed by atoms with van der Waals surface area (Å²) < 4.78 is 0. The zero-order valence-corrected chi connectivity index (χ0v) is 14.6. The van der Waals surface area contributed by atoms with Gasteiger partial charge in [0.2, 0.25) is 11.8 Å². The molecule has 0 saturated carbocycles. The second-order valence-electron chi connectivity index (χ2n) is 6.98. The Morgan fingerprint density at radius 2 is 2.04 bits per heavy atom. The zero-order chi connectivity index (χ0) is 18.8. The van der Waals surface area contributed by atoms with Crippen molar-refractivity contribution in [3.05, 3.63) is 30.1 Å². The van der Waals surface area contributed by atoms with Crippen LogP contribution < -0.4 is 5.73 Å². The lowest BCUT2D eigenvalue weighted by atomic mass is 10.0. The molecule has 0 aromatic carbocycles. The van der Waals surface area contributed by atoms with Crippen molar-refractivity contribution in [1.82, 2.24) is 14.8 Å². The average molecular weight is 358 g/mol. The van der Waals surface area contributed by atoms with E-state index in [1.54, 1.807) is 30.0 Å². The van der Waals surface area contributed by atoms with Crippen LogP contribution >= 0.6 is 0 Å². The van der Waals surface area contributed by atoms with Gasteiger partial charge in [0, 0.05) is 25.6 Å². The lowest BCUT2D eigenvalue weighted by molar-refractivity contribution is -0.137. The fourth-order valence-corrected chi connectivity index (χ4v) is 3.84. The van der Waals surface area contributed by atoms with Gasteiger partial charge in [-0.2, -0.15) is 0 Å². The van der Waals surface area contributed by atoms with Crippen LogP contribution in [0.15, 0.2) is 24.4 Å². The lowest BCUT2D eigenvalue weighted by Gasteiger charge is -2.25. The quantitative estimate of drug-likeness (QED) is 0.794. The number of pyridine rings is 1. The molecule has 1 aromatic rings. The number of Topliss-reactive ketones (excluding diaryl/α,β-unsaturated/α-hetero) is 1. The van der Waals surface area contributed by atoms with Crippen molar-refractivity contribution in [2.75, 3.05) is 13.1 Å². The molecular formula is C18H22N4O4. The highest BCUT2D eigenvalue weighted by atomic mass is 16.2. The second-order valence-corrected chi connectivity index (χ2v) is 6.98. The maximum atomic E-state index is 12.7. The molecule has 8 nitrogen and oxygen atoms in total. The van der Waals surface area contributed by atoms with Crippen LogP contribution in [0.5, 0.6) is 0 Å². The summed E-state index contributed by atoms with van der Waals surface area (Å²) in [5.74, 6) is -1.22. The molecule has 3 rings (SSSR count). The number of likely N-dealkylation sites (tertiary alicyclic amines) is 2. The number of carbonyl (C=O) groups is 4. The molecule has 3 heterocycles. The van der Waals surface area contributed by atoms with Crippen LogP contribution in [0.3, 0.4) is 0 Å². The molecule has 2 aliphatic heterocycles. The molecule has 1 aromatic heterocycles. The Morgan fingerprint density at radius 1 is 1.27 bits per heavy atom. The smallest absolute Gasteiger partial charge is 0.273 e. The van der Waals surface area contributed by atoms with E-state index in [2.05, 4.69) is 4.98 Å². The zero-order valence-electron chi connectivity index (χ0n) is 14.6. The van der Waals surface area contributed by atoms with E-state index in [0.717, 1.165) is 0 Å². The first-order valence-electron chi connectivity index (χ1n) is 8.71. The molecule has 138 valence electrons. The SMILES string of the molecule is CC(CC(N)=O)CC(=O)N1CCC2C1C(=O)CN2C(=O)c1ccccn1. The van der Waals surface area contributed by atoms with E-state index in [1.165, 1.54) is 11.1 Å². The normalized spacial score (nSPS) is 23.0. The third-order valence-corrected chi connectivity index (χ3v) is 4.96. The minimum Gasteiger partial charge on any atom is -0.370 e. The van der Waals surface area contributed by atoms with E-state index in [9.17, 15) is 19.2 Å². The summed E-state index contributed by atoms with van der Waals surface area (Å²) in [7, 11) is 0. The predicted molar refractivity (Wildman–Crippen MR) is 91.8 cm³/mol. The van der Waals surface area contributed by atoms with Crippen molar-refractivity contribution in [1.29, 1.82) is 0 Å². The number of rotatable bonds is 5. The number of ketones is 1. The molecule has 2 saturated heterocycles. The number of nitrogens with two attached hydrogens (primary N) is 1. The lowest BCUT2D eigenvalue weighted by Crippen LogP contribution is -2.44. The standard InChI is InChI=1S/C18H22N4O4/c1-11(8-15(19)24)9-16(25)21-7-5-13-17(21)14(23)10-22(13)18(26)12-4-2-3-6-20-12/h2-4,6,11,13,17H,5,7-10H2,1H3,(H2,19,24). The van der Waals surface area contributed by atoms with Crippen molar-refractivity contribution in [3.63, 3.8) is 0 Å². The van der Waals surface area contributed by atoms with Gasteiger partial charge < -0.3 is 15.5 Å². The molecule has 2 N–H and O–H groups in total. The number of fused-ring (bicyclic) bond motifs is 1. The van der Waals surface area contributed by atoms with Crippen molar-refractivity contribution >= 4 is 23.5 Å². The Balaban J connectivity index is 1.70. The summed E-state index contributed by atoms with van der Waals surface area (Å²) in [5.41, 5.74) is 5.46. The summed E-state index contributed by atoms with van der Waals surface area (Å²) in [6.45, 7) is 2.20. The maximum absolute atomic E-state index is 12.7. The fourth-order valence-electron chi connectivity index (χ4n) is 3.84. The van der Waals surface area contributed by atoms with Gasteiger partial charge in [-0.1, -0.05) is 13.0 Å². The molecule has 0 aliphatic carbocycles. The summed E-state index contributed by atoms with van der Waals surface area (Å²) in [6.07, 6.45) is 2.39. The van der Waals surface area contributed by atoms with E-state index in [4.69, 9.17) is 5.73 Å². The molecular weight excluding hydrogens is 336 g/mol. The molecule has 0 radical (unpaired) electrons. The van der Waals surface area contributed by atoms with Gasteiger partial charge in [0.05, 0.1) is 12.6 Å². The number of nitrogens with zero attached hydrogens (tertiary/aromatic N) is 3. The highest BCUT2D eigenvalue weighted by Crippen LogP contribution is 2.31. The summed E-state index contributed by atoms with van der Waals surface area (Å²) in [4.78, 5) is 55.9. The number of hydrogen-bond donors (Lipinski definition) is 1. The van der Waals surface area contributed by atoms with Crippen LogP contribution in [0.1, 0.15) is 36.7 Å². The van der Waals surface area contributed by atoms with Crippen LogP contribution in [-0.2, 0) is 14.4 Å². The molecule has 0 bridgehead atoms. The van der Waals surface area contributed by atoms with Gasteiger partial charge in [0.15, 0.2) is 5.78 Å². The third kappa shape index (κ3) is 3.44. The van der Waals surface area contributed by atoms with E-state index in [0.29, 0.717) is 18.7 Å². The molecule has 8 heteroatoms. The number of primary amides is 1. The summed E-state index contributed by atoms with van der Waals surface area (Å²) >= 11 is 0. The Labute approximate surface area is 151 Å². The topological polar surface area (TPSA) is 114 Å². The third-order valence-electron chi connectivity index (χ3n) is 4.96. The van der Waals surface area contributed by atoms with Gasteiger partial charge in [0.25, 0.3) is 5.91 Å². The van der Waals surface area contributed by atoms with E-state index < -0.39 is 11.9 Å². The van der Waals surface area contributed by atoms with E-state index in [1.807, 2.05) is 0 Å². The number of carbonyl (C=O) groups excluding carboxylic acids is 4. The van der Waals surface area contributed by atoms with Crippen LogP contribution in [0.2, 0.25) is 0 Å². The van der Waals surface area contributed by atoms with Gasteiger partial charge in [-0.3, -0.25) is 24.2 Å². The van der Waals surface area contributed by atoms with Gasteiger partial charge in [-0.05, 0) is 24.5 Å². The fraction of sp³-hybridized carbons (Fsp3) is 0.500.